The minimum atomic E-state index is -1.34. The molecule has 2 fully saturated rings. The Bertz CT molecular complexity index is 635. The third-order valence-corrected chi connectivity index (χ3v) is 5.85. The number of rotatable bonds is 2. The first kappa shape index (κ1) is 16.0. The summed E-state index contributed by atoms with van der Waals surface area (Å²) >= 11 is 0. The summed E-state index contributed by atoms with van der Waals surface area (Å²) in [5, 5.41) is 0. The molecule has 0 spiro atoms. The normalized spacial score (nSPS) is 41.2. The van der Waals surface area contributed by atoms with Gasteiger partial charge in [0.1, 0.15) is 0 Å². The Hall–Kier alpha value is -1.50. The SMILES string of the molecule is CO[C@@]12OC[C@H]3C=CC[C@@](C)(C=C(C(=O)N4CCOCC4)C1=O)[C@H]32. The third-order valence-electron chi connectivity index (χ3n) is 5.85. The number of allylic oxidation sites excluding steroid dienone is 2. The molecule has 0 unspecified atom stereocenters. The molecule has 6 nitrogen and oxygen atoms in total. The quantitative estimate of drug-likeness (QED) is 0.555. The lowest BCUT2D eigenvalue weighted by atomic mass is 9.58. The predicted molar refractivity (Wildman–Crippen MR) is 85.0 cm³/mol. The van der Waals surface area contributed by atoms with Crippen molar-refractivity contribution < 1.29 is 23.8 Å². The Morgan fingerprint density at radius 1 is 1.38 bits per heavy atom. The number of morpholine rings is 1. The molecule has 2 saturated heterocycles. The van der Waals surface area contributed by atoms with Gasteiger partial charge < -0.3 is 19.1 Å². The van der Waals surface area contributed by atoms with E-state index in [1.165, 1.54) is 7.11 Å². The van der Waals surface area contributed by atoms with E-state index in [0.717, 1.165) is 6.42 Å². The minimum absolute atomic E-state index is 0.0891. The lowest BCUT2D eigenvalue weighted by Gasteiger charge is -2.48. The Morgan fingerprint density at radius 2 is 2.12 bits per heavy atom. The highest BCUT2D eigenvalue weighted by Crippen LogP contribution is 2.57. The minimum Gasteiger partial charge on any atom is -0.378 e. The van der Waals surface area contributed by atoms with Gasteiger partial charge >= 0.3 is 0 Å². The van der Waals surface area contributed by atoms with Crippen molar-refractivity contribution in [2.45, 2.75) is 19.1 Å². The summed E-state index contributed by atoms with van der Waals surface area (Å²) in [5.41, 5.74) is -0.120. The van der Waals surface area contributed by atoms with Crippen molar-refractivity contribution in [3.05, 3.63) is 23.8 Å². The average Bonchev–Trinajstić information content (AvgIpc) is 3.01. The van der Waals surface area contributed by atoms with Crippen molar-refractivity contribution in [1.29, 1.82) is 0 Å². The molecule has 0 aromatic carbocycles. The number of amides is 1. The fraction of sp³-hybridized carbons (Fsp3) is 0.667. The number of carbonyl (C=O) groups excluding carboxylic acids is 2. The second kappa shape index (κ2) is 5.51. The van der Waals surface area contributed by atoms with Gasteiger partial charge in [0.2, 0.25) is 11.6 Å². The summed E-state index contributed by atoms with van der Waals surface area (Å²) < 4.78 is 16.8. The molecule has 24 heavy (non-hydrogen) atoms. The number of hydrogen-bond donors (Lipinski definition) is 0. The summed E-state index contributed by atoms with van der Waals surface area (Å²) in [7, 11) is 1.50. The van der Waals surface area contributed by atoms with Crippen LogP contribution in [0.25, 0.3) is 0 Å². The second-order valence-electron chi connectivity index (χ2n) is 7.25. The van der Waals surface area contributed by atoms with Crippen LogP contribution in [-0.2, 0) is 23.8 Å². The highest BCUT2D eigenvalue weighted by Gasteiger charge is 2.65. The number of methoxy groups -OCH3 is 1. The van der Waals surface area contributed by atoms with Crippen LogP contribution in [0.15, 0.2) is 23.8 Å². The highest BCUT2D eigenvalue weighted by atomic mass is 16.7. The zero-order valence-electron chi connectivity index (χ0n) is 14.1. The van der Waals surface area contributed by atoms with E-state index < -0.39 is 5.79 Å². The Balaban J connectivity index is 1.76. The van der Waals surface area contributed by atoms with Gasteiger partial charge in [0.05, 0.1) is 25.4 Å². The number of Topliss-reactive ketones (excluding diaryl/α,β-unsaturated/α-hetero) is 1. The summed E-state index contributed by atoms with van der Waals surface area (Å²) in [6.45, 7) is 4.56. The first-order valence-corrected chi connectivity index (χ1v) is 8.52. The average molecular weight is 333 g/mol. The van der Waals surface area contributed by atoms with Crippen LogP contribution in [0.3, 0.4) is 0 Å². The van der Waals surface area contributed by atoms with E-state index in [4.69, 9.17) is 14.2 Å². The number of carbonyl (C=O) groups is 2. The van der Waals surface area contributed by atoms with Crippen LogP contribution >= 0.6 is 0 Å². The molecule has 2 heterocycles. The van der Waals surface area contributed by atoms with E-state index in [0.29, 0.717) is 32.9 Å². The van der Waals surface area contributed by atoms with Gasteiger partial charge in [0, 0.05) is 32.0 Å². The molecule has 0 aromatic rings. The zero-order chi connectivity index (χ0) is 16.9. The summed E-state index contributed by atoms with van der Waals surface area (Å²) in [6, 6.07) is 0. The summed E-state index contributed by atoms with van der Waals surface area (Å²) in [4.78, 5) is 27.8. The van der Waals surface area contributed by atoms with Gasteiger partial charge in [-0.05, 0) is 11.8 Å². The lowest BCUT2D eigenvalue weighted by Crippen LogP contribution is -2.58. The van der Waals surface area contributed by atoms with E-state index in [1.807, 2.05) is 6.08 Å². The number of hydrogen-bond acceptors (Lipinski definition) is 5. The molecule has 0 aromatic heterocycles. The van der Waals surface area contributed by atoms with Crippen LogP contribution in [0.1, 0.15) is 13.3 Å². The van der Waals surface area contributed by atoms with Crippen LogP contribution in [-0.4, -0.2) is 62.4 Å². The van der Waals surface area contributed by atoms with Gasteiger partial charge in [-0.15, -0.1) is 0 Å². The number of ether oxygens (including phenoxy) is 3. The third kappa shape index (κ3) is 2.06. The molecule has 0 radical (unpaired) electrons. The standard InChI is InChI=1S/C18H23NO5/c1-17-5-3-4-12-11-24-18(22-2,14(12)17)15(20)13(10-17)16(21)19-6-8-23-9-7-19/h3-4,10,12,14H,5-9,11H2,1-2H3/t12-,14+,17+,18+/m1/s1. The Morgan fingerprint density at radius 3 is 2.83 bits per heavy atom. The Labute approximate surface area is 141 Å². The monoisotopic (exact) mass is 333 g/mol. The van der Waals surface area contributed by atoms with Crippen LogP contribution in [0.5, 0.6) is 0 Å². The van der Waals surface area contributed by atoms with Crippen molar-refractivity contribution in [1.82, 2.24) is 4.90 Å². The predicted octanol–water partition coefficient (Wildman–Crippen LogP) is 0.926. The maximum Gasteiger partial charge on any atom is 0.257 e. The molecule has 1 amide bonds. The van der Waals surface area contributed by atoms with Crippen LogP contribution in [0, 0.1) is 17.3 Å². The van der Waals surface area contributed by atoms with E-state index in [1.54, 1.807) is 4.90 Å². The molecular weight excluding hydrogens is 310 g/mol. The zero-order valence-corrected chi connectivity index (χ0v) is 14.1. The van der Waals surface area contributed by atoms with E-state index >= 15 is 0 Å². The fourth-order valence-corrected chi connectivity index (χ4v) is 4.71. The van der Waals surface area contributed by atoms with Crippen molar-refractivity contribution >= 4 is 11.7 Å². The van der Waals surface area contributed by atoms with E-state index in [2.05, 4.69) is 19.1 Å². The largest absolute Gasteiger partial charge is 0.378 e. The van der Waals surface area contributed by atoms with Gasteiger partial charge in [0.25, 0.3) is 5.91 Å². The fourth-order valence-electron chi connectivity index (χ4n) is 4.71. The van der Waals surface area contributed by atoms with E-state index in [-0.39, 0.29) is 34.5 Å². The smallest absolute Gasteiger partial charge is 0.257 e. The molecule has 0 bridgehead atoms. The molecule has 6 heteroatoms. The Kier molecular flexibility index (Phi) is 3.67. The number of nitrogens with zero attached hydrogens (tertiary/aromatic N) is 1. The maximum absolute atomic E-state index is 13.2. The summed E-state index contributed by atoms with van der Waals surface area (Å²) in [5.74, 6) is -1.85. The molecule has 0 N–H and O–H groups in total. The van der Waals surface area contributed by atoms with Gasteiger partial charge in [-0.1, -0.05) is 25.2 Å². The molecular formula is C18H23NO5. The van der Waals surface area contributed by atoms with Gasteiger partial charge in [0.15, 0.2) is 0 Å². The van der Waals surface area contributed by atoms with E-state index in [9.17, 15) is 9.59 Å². The van der Waals surface area contributed by atoms with Gasteiger partial charge in [-0.3, -0.25) is 9.59 Å². The highest BCUT2D eigenvalue weighted by molar-refractivity contribution is 6.22. The van der Waals surface area contributed by atoms with Gasteiger partial charge in [-0.2, -0.15) is 0 Å². The molecule has 4 aliphatic rings. The molecule has 0 saturated carbocycles. The summed E-state index contributed by atoms with van der Waals surface area (Å²) in [6.07, 6.45) is 6.89. The van der Waals surface area contributed by atoms with Crippen LogP contribution in [0.2, 0.25) is 0 Å². The van der Waals surface area contributed by atoms with Crippen molar-refractivity contribution in [2.24, 2.45) is 17.3 Å². The molecule has 2 aliphatic heterocycles. The molecule has 4 atom stereocenters. The molecule has 130 valence electrons. The van der Waals surface area contributed by atoms with Crippen LogP contribution in [0.4, 0.5) is 0 Å². The second-order valence-corrected chi connectivity index (χ2v) is 7.25. The topological polar surface area (TPSA) is 65.1 Å². The van der Waals surface area contributed by atoms with Gasteiger partial charge in [-0.25, -0.2) is 0 Å². The first-order chi connectivity index (χ1) is 11.5. The first-order valence-electron chi connectivity index (χ1n) is 8.52. The maximum atomic E-state index is 13.2. The van der Waals surface area contributed by atoms with Crippen molar-refractivity contribution in [3.8, 4) is 0 Å². The molecule has 4 rings (SSSR count). The van der Waals surface area contributed by atoms with Crippen molar-refractivity contribution in [2.75, 3.05) is 40.0 Å². The van der Waals surface area contributed by atoms with Crippen molar-refractivity contribution in [3.63, 3.8) is 0 Å². The number of ketones is 1. The lowest BCUT2D eigenvalue weighted by molar-refractivity contribution is -0.223. The van der Waals surface area contributed by atoms with Crippen LogP contribution < -0.4 is 0 Å². The molecule has 2 aliphatic carbocycles.